The maximum atomic E-state index is 13.7. The number of hydrogen-bond donors (Lipinski definition) is 2. The van der Waals surface area contributed by atoms with Gasteiger partial charge in [-0.2, -0.15) is 13.2 Å². The molecule has 2 N–H and O–H groups in total. The molecule has 2 aromatic carbocycles. The van der Waals surface area contributed by atoms with Crippen LogP contribution in [0.15, 0.2) is 64.8 Å². The van der Waals surface area contributed by atoms with E-state index in [2.05, 4.69) is 20.6 Å². The molecular formula is C26H23F4N5OS. The SMILES string of the molecule is Cc1cc(-c2cnc3c(NCCC(F)(F)F)nc(Sc4cccc(F)c4)cn23)ccc1C(=O)NC1CC1. The molecule has 0 radical (unpaired) electrons. The van der Waals surface area contributed by atoms with E-state index in [1.165, 1.54) is 23.9 Å². The summed E-state index contributed by atoms with van der Waals surface area (Å²) < 4.78 is 53.7. The van der Waals surface area contributed by atoms with Crippen molar-refractivity contribution in [1.29, 1.82) is 0 Å². The highest BCUT2D eigenvalue weighted by Gasteiger charge is 2.27. The number of aryl methyl sites for hydroxylation is 1. The third kappa shape index (κ3) is 6.04. The molecule has 1 fully saturated rings. The average Bonchev–Trinajstić information content (AvgIpc) is 3.53. The van der Waals surface area contributed by atoms with Gasteiger partial charge in [-0.1, -0.05) is 23.9 Å². The van der Waals surface area contributed by atoms with Gasteiger partial charge in [-0.05, 0) is 55.7 Å². The zero-order valence-corrected chi connectivity index (χ0v) is 20.6. The fourth-order valence-corrected chi connectivity index (χ4v) is 4.74. The number of anilines is 1. The summed E-state index contributed by atoms with van der Waals surface area (Å²) in [5.41, 5.74) is 3.19. The normalized spacial score (nSPS) is 13.6. The number of alkyl halides is 3. The monoisotopic (exact) mass is 529 g/mol. The van der Waals surface area contributed by atoms with Crippen LogP contribution >= 0.6 is 11.8 Å². The molecule has 0 unspecified atom stereocenters. The number of nitrogens with one attached hydrogen (secondary N) is 2. The van der Waals surface area contributed by atoms with Crippen LogP contribution in [0, 0.1) is 12.7 Å². The highest BCUT2D eigenvalue weighted by atomic mass is 32.2. The number of carbonyl (C=O) groups is 1. The van der Waals surface area contributed by atoms with Crippen LogP contribution in [0.3, 0.4) is 0 Å². The molecule has 0 spiro atoms. The average molecular weight is 530 g/mol. The van der Waals surface area contributed by atoms with E-state index >= 15 is 0 Å². The van der Waals surface area contributed by atoms with Gasteiger partial charge in [0, 0.05) is 34.8 Å². The van der Waals surface area contributed by atoms with E-state index < -0.39 is 18.4 Å². The van der Waals surface area contributed by atoms with Crippen molar-refractivity contribution >= 4 is 29.1 Å². The van der Waals surface area contributed by atoms with Crippen LogP contribution in [-0.4, -0.2) is 39.0 Å². The van der Waals surface area contributed by atoms with Crippen molar-refractivity contribution in [2.45, 2.75) is 48.3 Å². The standard InChI is InChI=1S/C26H23F4N5OS/c1-15-11-16(5-8-20(15)25(36)33-18-6-7-18)21-13-32-24-23(31-10-9-26(28,29)30)34-22(14-35(21)24)37-19-4-2-3-17(27)12-19/h2-5,8,11-14,18H,6-7,9-10H2,1H3,(H,31,34)(H,33,36). The van der Waals surface area contributed by atoms with Crippen LogP contribution in [0.1, 0.15) is 35.2 Å². The van der Waals surface area contributed by atoms with Gasteiger partial charge in [0.25, 0.3) is 5.91 Å². The zero-order valence-electron chi connectivity index (χ0n) is 19.8. The molecule has 2 aromatic heterocycles. The van der Waals surface area contributed by atoms with Crippen LogP contribution in [0.25, 0.3) is 16.9 Å². The summed E-state index contributed by atoms with van der Waals surface area (Å²) in [5.74, 6) is -0.327. The lowest BCUT2D eigenvalue weighted by Crippen LogP contribution is -2.26. The predicted octanol–water partition coefficient (Wildman–Crippen LogP) is 6.25. The van der Waals surface area contributed by atoms with Crippen molar-refractivity contribution in [3.63, 3.8) is 0 Å². The van der Waals surface area contributed by atoms with E-state index in [0.29, 0.717) is 26.8 Å². The Labute approximate surface area is 214 Å². The van der Waals surface area contributed by atoms with E-state index in [4.69, 9.17) is 0 Å². The summed E-state index contributed by atoms with van der Waals surface area (Å²) in [4.78, 5) is 22.0. The molecule has 0 bridgehead atoms. The zero-order chi connectivity index (χ0) is 26.2. The van der Waals surface area contributed by atoms with Gasteiger partial charge in [0.2, 0.25) is 0 Å². The van der Waals surface area contributed by atoms with Crippen LogP contribution < -0.4 is 10.6 Å². The molecule has 1 aliphatic carbocycles. The maximum absolute atomic E-state index is 13.7. The molecule has 0 aliphatic heterocycles. The minimum Gasteiger partial charge on any atom is -0.367 e. The Bertz CT molecular complexity index is 1470. The molecule has 192 valence electrons. The molecule has 1 aliphatic rings. The first-order valence-electron chi connectivity index (χ1n) is 11.7. The molecule has 37 heavy (non-hydrogen) atoms. The van der Waals surface area contributed by atoms with Gasteiger partial charge >= 0.3 is 6.18 Å². The number of aromatic nitrogens is 3. The summed E-state index contributed by atoms with van der Waals surface area (Å²) in [5, 5.41) is 6.18. The number of halogens is 4. The third-order valence-corrected chi connectivity index (χ3v) is 6.76. The van der Waals surface area contributed by atoms with Gasteiger partial charge in [0.1, 0.15) is 10.8 Å². The van der Waals surface area contributed by atoms with E-state index in [0.717, 1.165) is 24.0 Å². The second-order valence-corrected chi connectivity index (χ2v) is 9.99. The van der Waals surface area contributed by atoms with Crippen LogP contribution in [0.4, 0.5) is 23.4 Å². The van der Waals surface area contributed by atoms with Crippen LogP contribution in [0.5, 0.6) is 0 Å². The first kappa shape index (κ1) is 25.1. The van der Waals surface area contributed by atoms with Gasteiger partial charge in [-0.15, -0.1) is 0 Å². The number of hydrogen-bond acceptors (Lipinski definition) is 5. The summed E-state index contributed by atoms with van der Waals surface area (Å²) in [6.07, 6.45) is -0.0311. The topological polar surface area (TPSA) is 71.3 Å². The number of rotatable bonds is 8. The van der Waals surface area contributed by atoms with Crippen molar-refractivity contribution in [2.24, 2.45) is 0 Å². The largest absolute Gasteiger partial charge is 0.390 e. The maximum Gasteiger partial charge on any atom is 0.390 e. The molecule has 5 rings (SSSR count). The lowest BCUT2D eigenvalue weighted by molar-refractivity contribution is -0.131. The fraction of sp³-hybridized carbons (Fsp3) is 0.269. The van der Waals surface area contributed by atoms with Gasteiger partial charge in [-0.3, -0.25) is 9.20 Å². The quantitative estimate of drug-likeness (QED) is 0.264. The highest BCUT2D eigenvalue weighted by molar-refractivity contribution is 7.99. The van der Waals surface area contributed by atoms with E-state index in [-0.39, 0.29) is 24.3 Å². The van der Waals surface area contributed by atoms with E-state index in [1.807, 2.05) is 19.1 Å². The van der Waals surface area contributed by atoms with Gasteiger partial charge in [0.15, 0.2) is 11.5 Å². The fourth-order valence-electron chi connectivity index (χ4n) is 3.89. The van der Waals surface area contributed by atoms with E-state index in [1.54, 1.807) is 35.0 Å². The van der Waals surface area contributed by atoms with Gasteiger partial charge < -0.3 is 10.6 Å². The molecule has 11 heteroatoms. The number of imidazole rings is 1. The first-order valence-corrected chi connectivity index (χ1v) is 12.5. The molecule has 4 aromatic rings. The molecule has 0 atom stereocenters. The Morgan fingerprint density at radius 2 is 2.00 bits per heavy atom. The minimum absolute atomic E-state index is 0.112. The molecule has 1 saturated carbocycles. The number of amides is 1. The number of benzene rings is 2. The third-order valence-electron chi connectivity index (χ3n) is 5.87. The Kier molecular flexibility index (Phi) is 6.80. The molecule has 2 heterocycles. The molecule has 6 nitrogen and oxygen atoms in total. The summed E-state index contributed by atoms with van der Waals surface area (Å²) in [6.45, 7) is 1.48. The lowest BCUT2D eigenvalue weighted by atomic mass is 10.0. The highest BCUT2D eigenvalue weighted by Crippen LogP contribution is 2.32. The lowest BCUT2D eigenvalue weighted by Gasteiger charge is -2.13. The van der Waals surface area contributed by atoms with Crippen molar-refractivity contribution in [2.75, 3.05) is 11.9 Å². The summed E-state index contributed by atoms with van der Waals surface area (Å²) in [6, 6.07) is 11.7. The van der Waals surface area contributed by atoms with Crippen LogP contribution in [0.2, 0.25) is 0 Å². The van der Waals surface area contributed by atoms with Crippen molar-refractivity contribution in [3.8, 4) is 11.3 Å². The van der Waals surface area contributed by atoms with Crippen molar-refractivity contribution in [3.05, 3.63) is 71.8 Å². The Morgan fingerprint density at radius 1 is 1.19 bits per heavy atom. The Morgan fingerprint density at radius 3 is 2.70 bits per heavy atom. The first-order chi connectivity index (χ1) is 17.7. The smallest absolute Gasteiger partial charge is 0.367 e. The summed E-state index contributed by atoms with van der Waals surface area (Å²) >= 11 is 1.18. The minimum atomic E-state index is -4.32. The molecule has 0 saturated heterocycles. The second kappa shape index (κ2) is 10.0. The molecule has 1 amide bonds. The Hall–Kier alpha value is -3.60. The predicted molar refractivity (Wildman–Crippen MR) is 133 cm³/mol. The van der Waals surface area contributed by atoms with Gasteiger partial charge in [-0.25, -0.2) is 14.4 Å². The number of nitrogens with zero attached hydrogens (tertiary/aromatic N) is 3. The Balaban J connectivity index is 1.51. The van der Waals surface area contributed by atoms with Gasteiger partial charge in [0.05, 0.1) is 18.3 Å². The second-order valence-electron chi connectivity index (χ2n) is 8.89. The van der Waals surface area contributed by atoms with Crippen molar-refractivity contribution < 1.29 is 22.4 Å². The molecular weight excluding hydrogens is 506 g/mol. The van der Waals surface area contributed by atoms with E-state index in [9.17, 15) is 22.4 Å². The number of carbonyl (C=O) groups excluding carboxylic acids is 1. The van der Waals surface area contributed by atoms with Crippen molar-refractivity contribution in [1.82, 2.24) is 19.7 Å². The van der Waals surface area contributed by atoms with Crippen LogP contribution in [-0.2, 0) is 0 Å². The summed E-state index contributed by atoms with van der Waals surface area (Å²) in [7, 11) is 0. The number of fused-ring (bicyclic) bond motifs is 1.